The van der Waals surface area contributed by atoms with Crippen molar-refractivity contribution in [1.82, 2.24) is 9.62 Å². The Morgan fingerprint density at radius 1 is 1.50 bits per heavy atom. The largest absolute Gasteiger partial charge is 0.342 e. The summed E-state index contributed by atoms with van der Waals surface area (Å²) in [5, 5.41) is 0. The van der Waals surface area contributed by atoms with E-state index in [1.165, 1.54) is 6.42 Å². The van der Waals surface area contributed by atoms with Crippen molar-refractivity contribution >= 4 is 15.9 Å². The molecule has 0 aromatic carbocycles. The lowest BCUT2D eigenvalue weighted by molar-refractivity contribution is -0.132. The summed E-state index contributed by atoms with van der Waals surface area (Å²) >= 11 is 0. The summed E-state index contributed by atoms with van der Waals surface area (Å²) in [5.74, 6) is 0.600. The lowest BCUT2D eigenvalue weighted by Gasteiger charge is -2.31. The molecular formula is C10H20N2O3S. The molecule has 6 heteroatoms. The number of nitrogens with zero attached hydrogens (tertiary/aromatic N) is 1. The lowest BCUT2D eigenvalue weighted by atomic mass is 10.0. The quantitative estimate of drug-likeness (QED) is 0.772. The number of hydrogen-bond donors (Lipinski definition) is 1. The smallest absolute Gasteiger partial charge is 0.223 e. The van der Waals surface area contributed by atoms with Crippen LogP contribution in [0.1, 0.15) is 26.2 Å². The van der Waals surface area contributed by atoms with Crippen LogP contribution >= 0.6 is 0 Å². The van der Waals surface area contributed by atoms with Gasteiger partial charge in [-0.25, -0.2) is 13.1 Å². The molecule has 5 nitrogen and oxygen atoms in total. The predicted molar refractivity (Wildman–Crippen MR) is 62.4 cm³/mol. The summed E-state index contributed by atoms with van der Waals surface area (Å²) in [7, 11) is -3.18. The SMILES string of the molecule is C[C@H]1CCCN(C(=O)CCNS(C)(=O)=O)C1. The van der Waals surface area contributed by atoms with E-state index in [1.807, 2.05) is 4.90 Å². The van der Waals surface area contributed by atoms with Crippen LogP contribution in [-0.4, -0.2) is 45.1 Å². The van der Waals surface area contributed by atoms with Crippen LogP contribution in [0.4, 0.5) is 0 Å². The maximum absolute atomic E-state index is 11.7. The number of rotatable bonds is 4. The standard InChI is InChI=1S/C10H20N2O3S/c1-9-4-3-7-12(8-9)10(13)5-6-11-16(2,14)15/h9,11H,3-8H2,1-2H3/t9-/m0/s1. The Kier molecular flexibility index (Phi) is 4.73. The van der Waals surface area contributed by atoms with Gasteiger partial charge in [-0.15, -0.1) is 0 Å². The first-order valence-electron chi connectivity index (χ1n) is 5.61. The summed E-state index contributed by atoms with van der Waals surface area (Å²) in [5.41, 5.74) is 0. The van der Waals surface area contributed by atoms with Crippen molar-refractivity contribution < 1.29 is 13.2 Å². The molecule has 1 fully saturated rings. The summed E-state index contributed by atoms with van der Waals surface area (Å²) in [6.07, 6.45) is 3.57. The number of carbonyl (C=O) groups excluding carboxylic acids is 1. The topological polar surface area (TPSA) is 66.5 Å². The third-order valence-electron chi connectivity index (χ3n) is 2.71. The van der Waals surface area contributed by atoms with E-state index in [4.69, 9.17) is 0 Å². The molecule has 0 unspecified atom stereocenters. The number of hydrogen-bond acceptors (Lipinski definition) is 3. The van der Waals surface area contributed by atoms with Crippen LogP contribution in [0.25, 0.3) is 0 Å². The number of nitrogens with one attached hydrogen (secondary N) is 1. The van der Waals surface area contributed by atoms with Gasteiger partial charge >= 0.3 is 0 Å². The Morgan fingerprint density at radius 2 is 2.19 bits per heavy atom. The molecule has 1 aliphatic heterocycles. The molecule has 0 spiro atoms. The number of sulfonamides is 1. The van der Waals surface area contributed by atoms with E-state index in [2.05, 4.69) is 11.6 Å². The molecule has 0 aromatic rings. The molecule has 1 aliphatic rings. The molecule has 1 heterocycles. The Labute approximate surface area is 97.2 Å². The average Bonchev–Trinajstić information content (AvgIpc) is 2.15. The fourth-order valence-electron chi connectivity index (χ4n) is 1.92. The molecule has 1 amide bonds. The van der Waals surface area contributed by atoms with Gasteiger partial charge in [-0.1, -0.05) is 6.92 Å². The van der Waals surface area contributed by atoms with Crippen LogP contribution in [0.2, 0.25) is 0 Å². The zero-order chi connectivity index (χ0) is 12.2. The fourth-order valence-corrected chi connectivity index (χ4v) is 2.39. The molecule has 1 rings (SSSR count). The first kappa shape index (κ1) is 13.4. The van der Waals surface area contributed by atoms with E-state index in [0.717, 1.165) is 25.8 Å². The summed E-state index contributed by atoms with van der Waals surface area (Å²) in [6, 6.07) is 0. The molecular weight excluding hydrogens is 228 g/mol. The monoisotopic (exact) mass is 248 g/mol. The highest BCUT2D eigenvalue weighted by Crippen LogP contribution is 2.15. The van der Waals surface area contributed by atoms with Crippen molar-refractivity contribution in [3.05, 3.63) is 0 Å². The van der Waals surface area contributed by atoms with Gasteiger partial charge in [0.25, 0.3) is 0 Å². The second-order valence-corrected chi connectivity index (χ2v) is 6.34. The molecule has 0 aliphatic carbocycles. The van der Waals surface area contributed by atoms with Crippen LogP contribution in [0.5, 0.6) is 0 Å². The molecule has 1 N–H and O–H groups in total. The van der Waals surface area contributed by atoms with Gasteiger partial charge in [0.2, 0.25) is 15.9 Å². The minimum atomic E-state index is -3.18. The second kappa shape index (κ2) is 5.63. The van der Waals surface area contributed by atoms with Gasteiger partial charge in [0.1, 0.15) is 0 Å². The van der Waals surface area contributed by atoms with Gasteiger partial charge < -0.3 is 4.90 Å². The van der Waals surface area contributed by atoms with Crippen LogP contribution in [0.3, 0.4) is 0 Å². The molecule has 16 heavy (non-hydrogen) atoms. The first-order chi connectivity index (χ1) is 7.38. The highest BCUT2D eigenvalue weighted by Gasteiger charge is 2.20. The number of amides is 1. The van der Waals surface area contributed by atoms with Gasteiger partial charge in [-0.2, -0.15) is 0 Å². The van der Waals surface area contributed by atoms with Crippen molar-refractivity contribution in [2.24, 2.45) is 5.92 Å². The van der Waals surface area contributed by atoms with Crippen LogP contribution < -0.4 is 4.72 Å². The maximum Gasteiger partial charge on any atom is 0.223 e. The second-order valence-electron chi connectivity index (χ2n) is 4.50. The minimum absolute atomic E-state index is 0.0442. The lowest BCUT2D eigenvalue weighted by Crippen LogP contribution is -2.40. The normalized spacial score (nSPS) is 22.1. The van der Waals surface area contributed by atoms with Crippen molar-refractivity contribution in [2.75, 3.05) is 25.9 Å². The third kappa shape index (κ3) is 4.94. The van der Waals surface area contributed by atoms with E-state index in [-0.39, 0.29) is 18.9 Å². The van der Waals surface area contributed by atoms with Crippen LogP contribution in [-0.2, 0) is 14.8 Å². The van der Waals surface area contributed by atoms with Gasteiger partial charge in [-0.3, -0.25) is 4.79 Å². The van der Waals surface area contributed by atoms with Gasteiger partial charge in [0.05, 0.1) is 6.26 Å². The molecule has 94 valence electrons. The number of likely N-dealkylation sites (tertiary alicyclic amines) is 1. The Bertz CT molecular complexity index is 340. The zero-order valence-electron chi connectivity index (χ0n) is 9.90. The summed E-state index contributed by atoms with van der Waals surface area (Å²) in [6.45, 7) is 3.94. The molecule has 0 bridgehead atoms. The Hall–Kier alpha value is -0.620. The van der Waals surface area contributed by atoms with E-state index in [1.54, 1.807) is 0 Å². The molecule has 0 radical (unpaired) electrons. The number of carbonyl (C=O) groups is 1. The van der Waals surface area contributed by atoms with Crippen LogP contribution in [0.15, 0.2) is 0 Å². The summed E-state index contributed by atoms with van der Waals surface area (Å²) < 4.78 is 23.9. The van der Waals surface area contributed by atoms with Gasteiger partial charge in [0.15, 0.2) is 0 Å². The molecule has 0 saturated carbocycles. The highest BCUT2D eigenvalue weighted by atomic mass is 32.2. The molecule has 1 saturated heterocycles. The molecule has 1 atom stereocenters. The summed E-state index contributed by atoms with van der Waals surface area (Å²) in [4.78, 5) is 13.6. The first-order valence-corrected chi connectivity index (χ1v) is 7.50. The Balaban J connectivity index is 2.29. The van der Waals surface area contributed by atoms with Gasteiger partial charge in [0, 0.05) is 26.1 Å². The maximum atomic E-state index is 11.7. The van der Waals surface area contributed by atoms with Gasteiger partial charge in [-0.05, 0) is 18.8 Å². The minimum Gasteiger partial charge on any atom is -0.342 e. The van der Waals surface area contributed by atoms with Crippen molar-refractivity contribution in [1.29, 1.82) is 0 Å². The van der Waals surface area contributed by atoms with E-state index in [0.29, 0.717) is 5.92 Å². The Morgan fingerprint density at radius 3 is 2.75 bits per heavy atom. The average molecular weight is 248 g/mol. The van der Waals surface area contributed by atoms with Crippen molar-refractivity contribution in [2.45, 2.75) is 26.2 Å². The molecule has 0 aromatic heterocycles. The van der Waals surface area contributed by atoms with E-state index in [9.17, 15) is 13.2 Å². The zero-order valence-corrected chi connectivity index (χ0v) is 10.7. The van der Waals surface area contributed by atoms with E-state index < -0.39 is 10.0 Å². The highest BCUT2D eigenvalue weighted by molar-refractivity contribution is 7.88. The van der Waals surface area contributed by atoms with Crippen molar-refractivity contribution in [3.63, 3.8) is 0 Å². The fraction of sp³-hybridized carbons (Fsp3) is 0.900. The third-order valence-corrected chi connectivity index (χ3v) is 3.44. The number of piperidine rings is 1. The predicted octanol–water partition coefficient (Wildman–Crippen LogP) is 0.184. The van der Waals surface area contributed by atoms with Crippen LogP contribution in [0, 0.1) is 5.92 Å². The van der Waals surface area contributed by atoms with E-state index >= 15 is 0 Å². The van der Waals surface area contributed by atoms with Crippen molar-refractivity contribution in [3.8, 4) is 0 Å².